The number of carbonyl (C=O) groups is 1. The van der Waals surface area contributed by atoms with Gasteiger partial charge in [-0.05, 0) is 49.4 Å². The van der Waals surface area contributed by atoms with Crippen molar-refractivity contribution in [2.45, 2.75) is 31.9 Å². The van der Waals surface area contributed by atoms with E-state index in [0.29, 0.717) is 25.4 Å². The van der Waals surface area contributed by atoms with Crippen molar-refractivity contribution in [3.63, 3.8) is 0 Å². The number of ether oxygens (including phenoxy) is 1. The van der Waals surface area contributed by atoms with Crippen molar-refractivity contribution >= 4 is 16.8 Å². The van der Waals surface area contributed by atoms with Crippen LogP contribution >= 0.6 is 0 Å². The van der Waals surface area contributed by atoms with Gasteiger partial charge in [-0.1, -0.05) is 18.2 Å². The molecule has 3 aromatic rings. The monoisotopic (exact) mass is 366 g/mol. The molecule has 1 amide bonds. The highest BCUT2D eigenvalue weighted by Gasteiger charge is 2.36. The summed E-state index contributed by atoms with van der Waals surface area (Å²) >= 11 is 0. The molecule has 0 aliphatic heterocycles. The van der Waals surface area contributed by atoms with E-state index in [-0.39, 0.29) is 29.7 Å². The van der Waals surface area contributed by atoms with Crippen molar-refractivity contribution in [2.75, 3.05) is 6.61 Å². The Morgan fingerprint density at radius 1 is 1.33 bits per heavy atom. The number of aliphatic hydroxyl groups excluding tert-OH is 1. The zero-order valence-corrected chi connectivity index (χ0v) is 15.1. The normalized spacial score (nSPS) is 20.1. The minimum absolute atomic E-state index is 0.160. The number of furan rings is 1. The lowest BCUT2D eigenvalue weighted by atomic mass is 9.75. The molecule has 6 nitrogen and oxygen atoms in total. The maximum absolute atomic E-state index is 12.7. The van der Waals surface area contributed by atoms with Gasteiger partial charge in [-0.2, -0.15) is 0 Å². The summed E-state index contributed by atoms with van der Waals surface area (Å²) < 4.78 is 10.7. The first kappa shape index (κ1) is 17.5. The number of pyridine rings is 1. The van der Waals surface area contributed by atoms with Gasteiger partial charge in [0.1, 0.15) is 0 Å². The van der Waals surface area contributed by atoms with E-state index < -0.39 is 0 Å². The smallest absolute Gasteiger partial charge is 0.287 e. The second kappa shape index (κ2) is 7.40. The molecular weight excluding hydrogens is 344 g/mol. The zero-order valence-electron chi connectivity index (χ0n) is 15.1. The summed E-state index contributed by atoms with van der Waals surface area (Å²) in [7, 11) is 0. The van der Waals surface area contributed by atoms with Gasteiger partial charge in [0.15, 0.2) is 5.76 Å². The van der Waals surface area contributed by atoms with Gasteiger partial charge >= 0.3 is 0 Å². The molecule has 1 saturated carbocycles. The molecule has 0 radical (unpaired) electrons. The summed E-state index contributed by atoms with van der Waals surface area (Å²) in [6.07, 6.45) is 2.79. The Balaban J connectivity index is 1.59. The number of hydrogen-bond acceptors (Lipinski definition) is 5. The van der Waals surface area contributed by atoms with Crippen LogP contribution in [0.5, 0.6) is 5.95 Å². The number of nitrogens with zero attached hydrogens (tertiary/aromatic N) is 1. The summed E-state index contributed by atoms with van der Waals surface area (Å²) in [5.41, 5.74) is 1.84. The Morgan fingerprint density at radius 2 is 2.15 bits per heavy atom. The lowest BCUT2D eigenvalue weighted by molar-refractivity contribution is 0.0231. The van der Waals surface area contributed by atoms with E-state index in [4.69, 9.17) is 9.15 Å². The predicted octanol–water partition coefficient (Wildman–Crippen LogP) is 3.47. The summed E-state index contributed by atoms with van der Waals surface area (Å²) in [6.45, 7) is 2.33. The van der Waals surface area contributed by atoms with Crippen molar-refractivity contribution in [2.24, 2.45) is 5.92 Å². The van der Waals surface area contributed by atoms with Gasteiger partial charge in [0.2, 0.25) is 0 Å². The van der Waals surface area contributed by atoms with Crippen LogP contribution in [0.1, 0.15) is 41.9 Å². The first-order valence-corrected chi connectivity index (χ1v) is 9.20. The van der Waals surface area contributed by atoms with Crippen molar-refractivity contribution < 1.29 is 19.1 Å². The van der Waals surface area contributed by atoms with Crippen LogP contribution in [0.15, 0.2) is 53.1 Å². The fourth-order valence-corrected chi connectivity index (χ4v) is 3.51. The van der Waals surface area contributed by atoms with Gasteiger partial charge < -0.3 is 19.6 Å². The van der Waals surface area contributed by atoms with Gasteiger partial charge in [0.05, 0.1) is 24.3 Å². The summed E-state index contributed by atoms with van der Waals surface area (Å²) in [6, 6.07) is 12.9. The van der Waals surface area contributed by atoms with Crippen LogP contribution < -0.4 is 10.1 Å². The van der Waals surface area contributed by atoms with E-state index in [1.54, 1.807) is 18.3 Å². The van der Waals surface area contributed by atoms with E-state index in [2.05, 4.69) is 10.3 Å². The van der Waals surface area contributed by atoms with Gasteiger partial charge in [-0.25, -0.2) is 0 Å². The number of rotatable bonds is 6. The average molecular weight is 366 g/mol. The molecule has 1 fully saturated rings. The molecule has 0 spiro atoms. The topological polar surface area (TPSA) is 84.6 Å². The fraction of sp³-hybridized carbons (Fsp3) is 0.333. The van der Waals surface area contributed by atoms with E-state index in [1.165, 1.54) is 0 Å². The minimum atomic E-state index is -0.309. The highest BCUT2D eigenvalue weighted by Crippen LogP contribution is 2.38. The number of amides is 1. The van der Waals surface area contributed by atoms with Crippen LogP contribution in [0.25, 0.3) is 10.9 Å². The van der Waals surface area contributed by atoms with Crippen molar-refractivity contribution in [3.05, 3.63) is 60.0 Å². The fourth-order valence-electron chi connectivity index (χ4n) is 3.51. The molecule has 0 saturated heterocycles. The number of aliphatic hydroxyl groups is 1. The summed E-state index contributed by atoms with van der Waals surface area (Å²) in [5.74, 6) is 0.386. The Bertz CT molecular complexity index is 946. The third kappa shape index (κ3) is 3.66. The predicted molar refractivity (Wildman–Crippen MR) is 101 cm³/mol. The van der Waals surface area contributed by atoms with Crippen LogP contribution in [0, 0.1) is 5.92 Å². The van der Waals surface area contributed by atoms with Gasteiger partial charge in [0.25, 0.3) is 11.9 Å². The van der Waals surface area contributed by atoms with Crippen LogP contribution in [-0.2, 0) is 0 Å². The van der Waals surface area contributed by atoms with E-state index in [1.807, 2.05) is 37.3 Å². The number of fused-ring (bicyclic) bond motifs is 1. The Morgan fingerprint density at radius 3 is 2.93 bits per heavy atom. The number of nitrogens with one attached hydrogen (secondary N) is 1. The number of benzene rings is 1. The molecule has 140 valence electrons. The first-order chi connectivity index (χ1) is 13.1. The third-order valence-corrected chi connectivity index (χ3v) is 4.97. The van der Waals surface area contributed by atoms with Crippen LogP contribution in [-0.4, -0.2) is 28.7 Å². The van der Waals surface area contributed by atoms with Crippen LogP contribution in [0.3, 0.4) is 0 Å². The standard InChI is InChI=1S/C21H22N2O4/c1-2-26-19-8-7-18(27-19)21(25)23-20(14-10-16(24)11-14)15-9-13-5-3-4-6-17(13)22-12-15/h3-9,12,14,16,20,24H,2,10-11H2,1H3,(H,23,25)/t14?,16?,20-/m0/s1. The minimum Gasteiger partial charge on any atom is -0.465 e. The number of aromatic nitrogens is 1. The van der Waals surface area contributed by atoms with E-state index in [0.717, 1.165) is 16.5 Å². The van der Waals surface area contributed by atoms with Gasteiger partial charge in [0, 0.05) is 17.6 Å². The lowest BCUT2D eigenvalue weighted by Gasteiger charge is -2.38. The average Bonchev–Trinajstić information content (AvgIpc) is 3.12. The van der Waals surface area contributed by atoms with Gasteiger partial charge in [-0.15, -0.1) is 0 Å². The number of para-hydroxylation sites is 1. The Hall–Kier alpha value is -2.86. The highest BCUT2D eigenvalue weighted by molar-refractivity contribution is 5.92. The molecule has 1 aliphatic rings. The molecule has 1 atom stereocenters. The first-order valence-electron chi connectivity index (χ1n) is 9.20. The number of hydrogen-bond donors (Lipinski definition) is 2. The third-order valence-electron chi connectivity index (χ3n) is 4.97. The van der Waals surface area contributed by atoms with Crippen molar-refractivity contribution in [1.82, 2.24) is 10.3 Å². The molecule has 2 N–H and O–H groups in total. The van der Waals surface area contributed by atoms with E-state index in [9.17, 15) is 9.90 Å². The molecule has 27 heavy (non-hydrogen) atoms. The highest BCUT2D eigenvalue weighted by atomic mass is 16.6. The molecule has 6 heteroatoms. The molecular formula is C21H22N2O4. The maximum Gasteiger partial charge on any atom is 0.287 e. The largest absolute Gasteiger partial charge is 0.465 e. The van der Waals surface area contributed by atoms with Crippen molar-refractivity contribution in [3.8, 4) is 5.95 Å². The summed E-state index contributed by atoms with van der Waals surface area (Å²) in [4.78, 5) is 17.2. The molecule has 2 heterocycles. The zero-order chi connectivity index (χ0) is 18.8. The summed E-state index contributed by atoms with van der Waals surface area (Å²) in [5, 5.41) is 13.8. The van der Waals surface area contributed by atoms with Gasteiger partial charge in [-0.3, -0.25) is 9.78 Å². The molecule has 1 aromatic carbocycles. The van der Waals surface area contributed by atoms with Crippen LogP contribution in [0.2, 0.25) is 0 Å². The molecule has 0 unspecified atom stereocenters. The molecule has 1 aliphatic carbocycles. The maximum atomic E-state index is 12.7. The molecule has 0 bridgehead atoms. The van der Waals surface area contributed by atoms with E-state index >= 15 is 0 Å². The molecule has 4 rings (SSSR count). The number of carbonyl (C=O) groups excluding carboxylic acids is 1. The quantitative estimate of drug-likeness (QED) is 0.698. The Kier molecular flexibility index (Phi) is 4.81. The second-order valence-electron chi connectivity index (χ2n) is 6.85. The van der Waals surface area contributed by atoms with Crippen molar-refractivity contribution in [1.29, 1.82) is 0 Å². The Labute approximate surface area is 157 Å². The van der Waals surface area contributed by atoms with Crippen LogP contribution in [0.4, 0.5) is 0 Å². The lowest BCUT2D eigenvalue weighted by Crippen LogP contribution is -2.41. The second-order valence-corrected chi connectivity index (χ2v) is 6.85. The molecule has 2 aromatic heterocycles. The SMILES string of the molecule is CCOc1ccc(C(=O)N[C@H](c2cnc3ccccc3c2)C2CC(O)C2)o1.